The van der Waals surface area contributed by atoms with Crippen molar-refractivity contribution in [2.75, 3.05) is 24.6 Å². The van der Waals surface area contributed by atoms with Crippen molar-refractivity contribution in [1.82, 2.24) is 29.4 Å². The molecule has 14 nitrogen and oxygen atoms in total. The molecular formula is C21H24N8O6. The lowest BCUT2D eigenvalue weighted by Gasteiger charge is -2.25. The molecule has 5 rings (SSSR count). The number of ether oxygens (including phenoxy) is 1. The van der Waals surface area contributed by atoms with E-state index < -0.39 is 36.7 Å². The quantitative estimate of drug-likeness (QED) is 0.167. The Labute approximate surface area is 197 Å². The number of aromatic amines is 1. The molecule has 5 atom stereocenters. The number of aromatic hydroxyl groups is 1. The molecule has 8 N–H and O–H groups in total. The van der Waals surface area contributed by atoms with Crippen molar-refractivity contribution in [3.05, 3.63) is 37.1 Å². The minimum Gasteiger partial charge on any atom is -0.494 e. The minimum absolute atomic E-state index is 0.00531. The van der Waals surface area contributed by atoms with Gasteiger partial charge in [-0.25, -0.2) is 15.0 Å². The molecule has 1 aliphatic heterocycles. The van der Waals surface area contributed by atoms with E-state index in [0.29, 0.717) is 22.0 Å². The number of H-pyrrole nitrogens is 1. The molecule has 1 saturated heterocycles. The van der Waals surface area contributed by atoms with Crippen LogP contribution in [0.1, 0.15) is 6.23 Å². The van der Waals surface area contributed by atoms with Crippen LogP contribution in [0.5, 0.6) is 5.88 Å². The van der Waals surface area contributed by atoms with E-state index in [-0.39, 0.29) is 23.9 Å². The van der Waals surface area contributed by atoms with Crippen molar-refractivity contribution in [1.29, 1.82) is 0 Å². The second-order valence-electron chi connectivity index (χ2n) is 8.29. The normalized spacial score (nSPS) is 23.1. The average Bonchev–Trinajstić information content (AvgIpc) is 3.51. The van der Waals surface area contributed by atoms with Crippen LogP contribution in [0, 0.1) is 0 Å². The van der Waals surface area contributed by atoms with Crippen LogP contribution in [0.15, 0.2) is 37.1 Å². The Hall–Kier alpha value is -3.98. The molecule has 0 aliphatic carbocycles. The lowest BCUT2D eigenvalue weighted by atomic mass is 10.1. The molecule has 3 aromatic heterocycles. The number of carbonyl (C=O) groups is 1. The number of carbonyl (C=O) groups excluding carboxylic acids is 1. The van der Waals surface area contributed by atoms with Gasteiger partial charge in [-0.3, -0.25) is 9.36 Å². The van der Waals surface area contributed by atoms with Gasteiger partial charge in [0.25, 0.3) is 5.91 Å². The van der Waals surface area contributed by atoms with E-state index in [9.17, 15) is 25.2 Å². The number of likely N-dealkylation sites (N-methyl/N-ethyl adjacent to an activating group) is 1. The first-order chi connectivity index (χ1) is 16.8. The molecule has 0 saturated carbocycles. The van der Waals surface area contributed by atoms with E-state index in [1.807, 2.05) is 0 Å². The summed E-state index contributed by atoms with van der Waals surface area (Å²) < 4.78 is 7.09. The Morgan fingerprint density at radius 3 is 2.89 bits per heavy atom. The van der Waals surface area contributed by atoms with Gasteiger partial charge >= 0.3 is 0 Å². The predicted octanol–water partition coefficient (Wildman–Crippen LogP) is -0.897. The fraction of sp³-hybridized carbons (Fsp3) is 0.333. The zero-order chi connectivity index (χ0) is 24.9. The number of hydrogen-bond donors (Lipinski definition) is 7. The average molecular weight is 484 g/mol. The van der Waals surface area contributed by atoms with Crippen LogP contribution < -0.4 is 11.1 Å². The van der Waals surface area contributed by atoms with Crippen molar-refractivity contribution >= 4 is 39.3 Å². The lowest BCUT2D eigenvalue weighted by Crippen LogP contribution is -2.47. The van der Waals surface area contributed by atoms with Crippen molar-refractivity contribution in [3.63, 3.8) is 0 Å². The zero-order valence-electron chi connectivity index (χ0n) is 18.5. The molecule has 1 aromatic carbocycles. The van der Waals surface area contributed by atoms with E-state index in [4.69, 9.17) is 10.5 Å². The Morgan fingerprint density at radius 1 is 1.29 bits per heavy atom. The first-order valence-electron chi connectivity index (χ1n) is 10.7. The summed E-state index contributed by atoms with van der Waals surface area (Å²) in [5.74, 6) is -0.497. The van der Waals surface area contributed by atoms with Gasteiger partial charge in [0.1, 0.15) is 30.3 Å². The van der Waals surface area contributed by atoms with Gasteiger partial charge in [0.05, 0.1) is 12.9 Å². The molecular weight excluding hydrogens is 460 g/mol. The standard InChI is InChI=1S/C21H24N8O6/c1-28(6-12(30)27-11-4-2-3-9-10(11)5-23-19(9)33)20(34)16-14(31)15(32)21(35-16)29-8-26-13-17(22)24-7-25-18(13)29/h2-5,7-8,12,14-16,21,23,27,30-33H,6H2,1H3,(H2,22,24,25)/t12-,14?,15?,16?,21?/m1/s1. The predicted molar refractivity (Wildman–Crippen MR) is 123 cm³/mol. The van der Waals surface area contributed by atoms with Gasteiger partial charge in [-0.05, 0) is 12.1 Å². The van der Waals surface area contributed by atoms with Crippen LogP contribution in [0.2, 0.25) is 0 Å². The van der Waals surface area contributed by atoms with Crippen molar-refractivity contribution < 1.29 is 30.0 Å². The van der Waals surface area contributed by atoms with Crippen LogP contribution in [0.25, 0.3) is 21.9 Å². The second-order valence-corrected chi connectivity index (χ2v) is 8.29. The van der Waals surface area contributed by atoms with Crippen LogP contribution in [-0.2, 0) is 9.53 Å². The fourth-order valence-electron chi connectivity index (χ4n) is 4.21. The number of aliphatic hydroxyl groups is 3. The van der Waals surface area contributed by atoms with Gasteiger partial charge in [0.2, 0.25) is 0 Å². The highest BCUT2D eigenvalue weighted by molar-refractivity contribution is 5.97. The zero-order valence-corrected chi connectivity index (χ0v) is 18.5. The summed E-state index contributed by atoms with van der Waals surface area (Å²) in [4.78, 5) is 29.0. The highest BCUT2D eigenvalue weighted by Crippen LogP contribution is 2.33. The van der Waals surface area contributed by atoms with Crippen LogP contribution >= 0.6 is 0 Å². The molecule has 0 radical (unpaired) electrons. The van der Waals surface area contributed by atoms with Crippen LogP contribution in [0.4, 0.5) is 11.5 Å². The number of hydrogen-bond acceptors (Lipinski definition) is 11. The maximum absolute atomic E-state index is 13.0. The van der Waals surface area contributed by atoms with Gasteiger partial charge < -0.3 is 46.1 Å². The summed E-state index contributed by atoms with van der Waals surface area (Å²) in [6, 6.07) is 5.15. The number of rotatable bonds is 6. The number of fused-ring (bicyclic) bond motifs is 2. The molecule has 1 fully saturated rings. The molecule has 1 amide bonds. The number of amides is 1. The SMILES string of the molecule is CN(C[C@@H](O)Nc1cccc2c(O)[nH]cc12)C(=O)C1OC(n2cnc3c(N)ncnc32)C(O)C1O. The molecule has 4 unspecified atom stereocenters. The number of aromatic nitrogens is 5. The molecule has 4 aromatic rings. The second kappa shape index (κ2) is 8.66. The van der Waals surface area contributed by atoms with Crippen LogP contribution in [0.3, 0.4) is 0 Å². The first kappa shape index (κ1) is 22.8. The Bertz CT molecular complexity index is 1390. The molecule has 14 heteroatoms. The third kappa shape index (κ3) is 3.87. The topological polar surface area (TPSA) is 208 Å². The van der Waals surface area contributed by atoms with Gasteiger partial charge in [-0.1, -0.05) is 6.07 Å². The highest BCUT2D eigenvalue weighted by Gasteiger charge is 2.48. The van der Waals surface area contributed by atoms with E-state index in [1.165, 1.54) is 29.2 Å². The molecule has 35 heavy (non-hydrogen) atoms. The number of nitrogens with one attached hydrogen (secondary N) is 2. The summed E-state index contributed by atoms with van der Waals surface area (Å²) in [6.07, 6.45) is -2.54. The monoisotopic (exact) mass is 484 g/mol. The fourth-order valence-corrected chi connectivity index (χ4v) is 4.21. The van der Waals surface area contributed by atoms with Crippen molar-refractivity contribution in [2.24, 2.45) is 0 Å². The number of nitrogens with zero attached hydrogens (tertiary/aromatic N) is 5. The maximum atomic E-state index is 13.0. The van der Waals surface area contributed by atoms with E-state index >= 15 is 0 Å². The largest absolute Gasteiger partial charge is 0.494 e. The van der Waals surface area contributed by atoms with Gasteiger partial charge in [0, 0.05) is 29.7 Å². The van der Waals surface area contributed by atoms with E-state index in [1.54, 1.807) is 24.4 Å². The summed E-state index contributed by atoms with van der Waals surface area (Å²) >= 11 is 0. The number of nitrogens with two attached hydrogens (primary N) is 1. The Kier molecular flexibility index (Phi) is 5.64. The summed E-state index contributed by atoms with van der Waals surface area (Å²) in [6.45, 7) is -0.156. The molecule has 4 heterocycles. The van der Waals surface area contributed by atoms with Crippen molar-refractivity contribution in [2.45, 2.75) is 30.8 Å². The first-order valence-corrected chi connectivity index (χ1v) is 10.7. The minimum atomic E-state index is -1.53. The van der Waals surface area contributed by atoms with Gasteiger partial charge in [-0.2, -0.15) is 0 Å². The third-order valence-corrected chi connectivity index (χ3v) is 6.00. The van der Waals surface area contributed by atoms with E-state index in [2.05, 4.69) is 25.3 Å². The molecule has 0 bridgehead atoms. The number of aliphatic hydroxyl groups excluding tert-OH is 3. The number of benzene rings is 1. The summed E-state index contributed by atoms with van der Waals surface area (Å²) in [5.41, 5.74) is 6.92. The highest BCUT2D eigenvalue weighted by atomic mass is 16.6. The number of imidazole rings is 1. The van der Waals surface area contributed by atoms with Gasteiger partial charge in [-0.15, -0.1) is 0 Å². The number of nitrogen functional groups attached to an aromatic ring is 1. The molecule has 0 spiro atoms. The molecule has 184 valence electrons. The summed E-state index contributed by atoms with van der Waals surface area (Å²) in [7, 11) is 1.44. The van der Waals surface area contributed by atoms with E-state index in [0.717, 1.165) is 0 Å². The number of anilines is 2. The maximum Gasteiger partial charge on any atom is 0.254 e. The Morgan fingerprint density at radius 2 is 2.09 bits per heavy atom. The summed E-state index contributed by atoms with van der Waals surface area (Å²) in [5, 5.41) is 45.6. The smallest absolute Gasteiger partial charge is 0.254 e. The van der Waals surface area contributed by atoms with Gasteiger partial charge in [0.15, 0.2) is 29.7 Å². The van der Waals surface area contributed by atoms with Crippen molar-refractivity contribution in [3.8, 4) is 5.88 Å². The Balaban J connectivity index is 1.28. The third-order valence-electron chi connectivity index (χ3n) is 6.00. The molecule has 1 aliphatic rings. The lowest BCUT2D eigenvalue weighted by molar-refractivity contribution is -0.148. The van der Waals surface area contributed by atoms with Crippen LogP contribution in [-0.4, -0.2) is 93.9 Å².